The smallest absolute Gasteiger partial charge is 0.215 e. The number of aliphatic imine (C=N–C) groups is 2. The lowest BCUT2D eigenvalue weighted by atomic mass is 9.88. The van der Waals surface area contributed by atoms with Gasteiger partial charge in [-0.2, -0.15) is 0 Å². The third kappa shape index (κ3) is 2.70. The van der Waals surface area contributed by atoms with Gasteiger partial charge in [0, 0.05) is 25.2 Å². The molecule has 0 saturated heterocycles. The molecule has 1 aliphatic heterocycles. The Bertz CT molecular complexity index is 309. The molecule has 1 unspecified atom stereocenters. The number of hydrogen-bond acceptors (Lipinski definition) is 4. The predicted molar refractivity (Wildman–Crippen MR) is 67.6 cm³/mol. The zero-order valence-electron chi connectivity index (χ0n) is 9.84. The number of allylic oxidation sites excluding steroid dienone is 1. The molecule has 4 heteroatoms. The average molecular weight is 220 g/mol. The highest BCUT2D eigenvalue weighted by Gasteiger charge is 2.18. The van der Waals surface area contributed by atoms with Gasteiger partial charge in [0.05, 0.1) is 0 Å². The molecule has 1 atom stereocenters. The molecule has 0 aromatic heterocycles. The summed E-state index contributed by atoms with van der Waals surface area (Å²) in [7, 11) is 2.01. The lowest BCUT2D eigenvalue weighted by molar-refractivity contribution is 0.344. The Balaban J connectivity index is 1.93. The predicted octanol–water partition coefficient (Wildman–Crippen LogP) is 1.39. The number of rotatable bonds is 2. The van der Waals surface area contributed by atoms with Crippen molar-refractivity contribution in [2.45, 2.75) is 32.0 Å². The maximum absolute atomic E-state index is 5.67. The summed E-state index contributed by atoms with van der Waals surface area (Å²) in [6.45, 7) is 0.817. The Labute approximate surface area is 96.9 Å². The maximum Gasteiger partial charge on any atom is 0.215 e. The molecule has 2 aliphatic rings. The van der Waals surface area contributed by atoms with Gasteiger partial charge in [0.1, 0.15) is 0 Å². The molecule has 1 heterocycles. The van der Waals surface area contributed by atoms with E-state index in [4.69, 9.17) is 10.7 Å². The molecule has 0 aromatic rings. The molecule has 0 aromatic carbocycles. The molecule has 0 amide bonds. The van der Waals surface area contributed by atoms with E-state index in [1.807, 2.05) is 30.4 Å². The molecule has 0 bridgehead atoms. The van der Waals surface area contributed by atoms with E-state index in [9.17, 15) is 0 Å². The third-order valence-electron chi connectivity index (χ3n) is 3.30. The monoisotopic (exact) mass is 220 g/mol. The summed E-state index contributed by atoms with van der Waals surface area (Å²) in [4.78, 5) is 11.1. The third-order valence-corrected chi connectivity index (χ3v) is 3.30. The van der Waals surface area contributed by atoms with Crippen LogP contribution in [0.2, 0.25) is 0 Å². The van der Waals surface area contributed by atoms with Crippen LogP contribution in [0.15, 0.2) is 22.3 Å². The average Bonchev–Trinajstić information content (AvgIpc) is 2.33. The van der Waals surface area contributed by atoms with Crippen LogP contribution in [0.25, 0.3) is 0 Å². The SMILES string of the molecule is CN1C=CC=NC1N=C1CCC(CN)CC1. The molecule has 2 rings (SSSR count). The van der Waals surface area contributed by atoms with Crippen molar-refractivity contribution in [3.05, 3.63) is 12.3 Å². The lowest BCUT2D eigenvalue weighted by Crippen LogP contribution is -2.28. The Morgan fingerprint density at radius 3 is 2.88 bits per heavy atom. The first-order chi connectivity index (χ1) is 7.79. The van der Waals surface area contributed by atoms with E-state index in [-0.39, 0.29) is 6.29 Å². The highest BCUT2D eigenvalue weighted by molar-refractivity contribution is 5.85. The molecule has 2 N–H and O–H groups in total. The molecule has 1 fully saturated rings. The van der Waals surface area contributed by atoms with Gasteiger partial charge in [0.25, 0.3) is 0 Å². The minimum absolute atomic E-state index is 0.0468. The Hall–Kier alpha value is -1.16. The normalized spacial score (nSPS) is 29.6. The van der Waals surface area contributed by atoms with E-state index in [1.54, 1.807) is 0 Å². The fourth-order valence-corrected chi connectivity index (χ4v) is 2.15. The standard InChI is InChI=1S/C12H20N4/c1-16-8-2-7-14-12(16)15-11-5-3-10(9-13)4-6-11/h2,7-8,10,12H,3-6,9,13H2,1H3. The van der Waals surface area contributed by atoms with Crippen LogP contribution in [-0.2, 0) is 0 Å². The summed E-state index contributed by atoms with van der Waals surface area (Å²) in [6, 6.07) is 0. The Morgan fingerprint density at radius 2 is 2.25 bits per heavy atom. The van der Waals surface area contributed by atoms with Gasteiger partial charge in [-0.15, -0.1) is 0 Å². The van der Waals surface area contributed by atoms with Gasteiger partial charge in [-0.3, -0.25) is 0 Å². The van der Waals surface area contributed by atoms with Crippen molar-refractivity contribution in [1.29, 1.82) is 0 Å². The quantitative estimate of drug-likeness (QED) is 0.764. The molecule has 16 heavy (non-hydrogen) atoms. The van der Waals surface area contributed by atoms with Crippen LogP contribution in [0, 0.1) is 5.92 Å². The van der Waals surface area contributed by atoms with Crippen molar-refractivity contribution >= 4 is 11.9 Å². The van der Waals surface area contributed by atoms with E-state index in [0.29, 0.717) is 5.92 Å². The van der Waals surface area contributed by atoms with Crippen LogP contribution in [0.4, 0.5) is 0 Å². The van der Waals surface area contributed by atoms with Gasteiger partial charge in [-0.05, 0) is 44.2 Å². The summed E-state index contributed by atoms with van der Waals surface area (Å²) < 4.78 is 0. The highest BCUT2D eigenvalue weighted by atomic mass is 15.3. The molecular formula is C12H20N4. The largest absolute Gasteiger partial charge is 0.341 e. The summed E-state index contributed by atoms with van der Waals surface area (Å²) in [5.41, 5.74) is 6.97. The van der Waals surface area contributed by atoms with Crippen molar-refractivity contribution in [2.24, 2.45) is 21.6 Å². The van der Waals surface area contributed by atoms with Gasteiger partial charge >= 0.3 is 0 Å². The van der Waals surface area contributed by atoms with Crippen LogP contribution in [-0.4, -0.2) is 36.7 Å². The zero-order chi connectivity index (χ0) is 11.4. The van der Waals surface area contributed by atoms with Crippen LogP contribution >= 0.6 is 0 Å². The van der Waals surface area contributed by atoms with Gasteiger partial charge < -0.3 is 10.6 Å². The first-order valence-corrected chi connectivity index (χ1v) is 5.97. The summed E-state index contributed by atoms with van der Waals surface area (Å²) in [6.07, 6.45) is 10.3. The molecule has 1 saturated carbocycles. The maximum atomic E-state index is 5.67. The van der Waals surface area contributed by atoms with Crippen LogP contribution in [0.3, 0.4) is 0 Å². The van der Waals surface area contributed by atoms with Crippen molar-refractivity contribution in [3.8, 4) is 0 Å². The van der Waals surface area contributed by atoms with Crippen LogP contribution < -0.4 is 5.73 Å². The highest BCUT2D eigenvalue weighted by Crippen LogP contribution is 2.22. The molecule has 0 spiro atoms. The number of nitrogens with zero attached hydrogens (tertiary/aromatic N) is 3. The van der Waals surface area contributed by atoms with Crippen LogP contribution in [0.5, 0.6) is 0 Å². The van der Waals surface area contributed by atoms with E-state index in [0.717, 1.165) is 19.4 Å². The van der Waals surface area contributed by atoms with Crippen LogP contribution in [0.1, 0.15) is 25.7 Å². The van der Waals surface area contributed by atoms with Crippen molar-refractivity contribution in [3.63, 3.8) is 0 Å². The molecule has 4 nitrogen and oxygen atoms in total. The molecule has 1 aliphatic carbocycles. The molecular weight excluding hydrogens is 200 g/mol. The van der Waals surface area contributed by atoms with E-state index in [2.05, 4.69) is 4.99 Å². The molecule has 0 radical (unpaired) electrons. The van der Waals surface area contributed by atoms with Crippen molar-refractivity contribution < 1.29 is 0 Å². The van der Waals surface area contributed by atoms with Gasteiger partial charge in [-0.1, -0.05) is 0 Å². The number of nitrogens with two attached hydrogens (primary N) is 1. The van der Waals surface area contributed by atoms with E-state index >= 15 is 0 Å². The second-order valence-electron chi connectivity index (χ2n) is 4.53. The van der Waals surface area contributed by atoms with Gasteiger partial charge in [-0.25, -0.2) is 9.98 Å². The van der Waals surface area contributed by atoms with Gasteiger partial charge in [0.2, 0.25) is 6.29 Å². The van der Waals surface area contributed by atoms with Crippen molar-refractivity contribution in [1.82, 2.24) is 4.90 Å². The summed E-state index contributed by atoms with van der Waals surface area (Å²) >= 11 is 0. The minimum Gasteiger partial charge on any atom is -0.341 e. The second-order valence-corrected chi connectivity index (χ2v) is 4.53. The summed E-state index contributed by atoms with van der Waals surface area (Å²) in [5, 5.41) is 0. The zero-order valence-corrected chi connectivity index (χ0v) is 9.84. The Morgan fingerprint density at radius 1 is 1.50 bits per heavy atom. The van der Waals surface area contributed by atoms with Gasteiger partial charge in [0.15, 0.2) is 0 Å². The first-order valence-electron chi connectivity index (χ1n) is 5.97. The topological polar surface area (TPSA) is 54.0 Å². The fraction of sp³-hybridized carbons (Fsp3) is 0.667. The van der Waals surface area contributed by atoms with E-state index < -0.39 is 0 Å². The number of hydrogen-bond donors (Lipinski definition) is 1. The lowest BCUT2D eigenvalue weighted by Gasteiger charge is -2.26. The first kappa shape index (κ1) is 11.3. The van der Waals surface area contributed by atoms with Crippen molar-refractivity contribution in [2.75, 3.05) is 13.6 Å². The second kappa shape index (κ2) is 5.25. The fourth-order valence-electron chi connectivity index (χ4n) is 2.15. The minimum atomic E-state index is -0.0468. The Kier molecular flexibility index (Phi) is 3.72. The van der Waals surface area contributed by atoms with E-state index in [1.165, 1.54) is 18.6 Å². The molecule has 88 valence electrons. The summed E-state index contributed by atoms with van der Waals surface area (Å²) in [5.74, 6) is 0.700.